The van der Waals surface area contributed by atoms with Crippen molar-refractivity contribution < 1.29 is 14.6 Å². The van der Waals surface area contributed by atoms with E-state index in [1.807, 2.05) is 13.8 Å². The van der Waals surface area contributed by atoms with Gasteiger partial charge in [0.15, 0.2) is 0 Å². The number of aliphatic hydroxyl groups is 1. The molecule has 2 unspecified atom stereocenters. The molecule has 84 valence electrons. The van der Waals surface area contributed by atoms with Crippen molar-refractivity contribution in [2.75, 3.05) is 13.7 Å². The maximum Gasteiger partial charge on any atom is 0.0880 e. The van der Waals surface area contributed by atoms with Crippen molar-refractivity contribution >= 4 is 0 Å². The van der Waals surface area contributed by atoms with Crippen LogP contribution in [0, 0.1) is 0 Å². The molecule has 1 aliphatic heterocycles. The molecule has 0 bridgehead atoms. The summed E-state index contributed by atoms with van der Waals surface area (Å²) in [7, 11) is 1.63. The molecule has 2 atom stereocenters. The van der Waals surface area contributed by atoms with Gasteiger partial charge in [-0.2, -0.15) is 0 Å². The summed E-state index contributed by atoms with van der Waals surface area (Å²) in [6.45, 7) is 4.70. The Balaban J connectivity index is 2.22. The van der Waals surface area contributed by atoms with Gasteiger partial charge in [-0.05, 0) is 39.5 Å². The van der Waals surface area contributed by atoms with Crippen molar-refractivity contribution in [3.05, 3.63) is 0 Å². The minimum atomic E-state index is -0.446. The Morgan fingerprint density at radius 2 is 2.29 bits per heavy atom. The van der Waals surface area contributed by atoms with Crippen molar-refractivity contribution in [3.8, 4) is 0 Å². The first-order chi connectivity index (χ1) is 6.56. The lowest BCUT2D eigenvalue weighted by Crippen LogP contribution is -2.38. The lowest BCUT2D eigenvalue weighted by atomic mass is 9.95. The van der Waals surface area contributed by atoms with Gasteiger partial charge < -0.3 is 14.6 Å². The lowest BCUT2D eigenvalue weighted by Gasteiger charge is -2.29. The van der Waals surface area contributed by atoms with E-state index >= 15 is 0 Å². The van der Waals surface area contributed by atoms with Crippen molar-refractivity contribution in [2.24, 2.45) is 0 Å². The van der Waals surface area contributed by atoms with E-state index in [0.29, 0.717) is 6.10 Å². The summed E-state index contributed by atoms with van der Waals surface area (Å²) in [6, 6.07) is 0. The molecule has 0 spiro atoms. The number of hydrogen-bond acceptors (Lipinski definition) is 3. The number of aliphatic hydroxyl groups excluding tert-OH is 1. The molecule has 1 heterocycles. The molecule has 3 nitrogen and oxygen atoms in total. The van der Waals surface area contributed by atoms with Crippen molar-refractivity contribution in [3.63, 3.8) is 0 Å². The van der Waals surface area contributed by atoms with Gasteiger partial charge in [0.1, 0.15) is 0 Å². The second kappa shape index (κ2) is 5.10. The molecule has 1 rings (SSSR count). The Morgan fingerprint density at radius 1 is 1.57 bits per heavy atom. The molecular weight excluding hydrogens is 180 g/mol. The summed E-state index contributed by atoms with van der Waals surface area (Å²) >= 11 is 0. The van der Waals surface area contributed by atoms with E-state index in [2.05, 4.69) is 0 Å². The van der Waals surface area contributed by atoms with Crippen LogP contribution >= 0.6 is 0 Å². The largest absolute Gasteiger partial charge is 0.390 e. The minimum absolute atomic E-state index is 0.359. The van der Waals surface area contributed by atoms with E-state index < -0.39 is 11.7 Å². The van der Waals surface area contributed by atoms with Gasteiger partial charge in [-0.25, -0.2) is 0 Å². The van der Waals surface area contributed by atoms with Crippen LogP contribution in [0.3, 0.4) is 0 Å². The molecular formula is C11H22O3. The van der Waals surface area contributed by atoms with Gasteiger partial charge in [0.25, 0.3) is 0 Å². The Morgan fingerprint density at radius 3 is 2.79 bits per heavy atom. The number of ether oxygens (including phenoxy) is 2. The van der Waals surface area contributed by atoms with Crippen LogP contribution in [-0.4, -0.2) is 36.6 Å². The van der Waals surface area contributed by atoms with E-state index in [0.717, 1.165) is 32.3 Å². The lowest BCUT2D eigenvalue weighted by molar-refractivity contribution is -0.0839. The second-order valence-electron chi connectivity index (χ2n) is 4.54. The average molecular weight is 202 g/mol. The van der Waals surface area contributed by atoms with Crippen molar-refractivity contribution in [1.29, 1.82) is 0 Å². The molecule has 0 aliphatic carbocycles. The minimum Gasteiger partial charge on any atom is -0.390 e. The second-order valence-corrected chi connectivity index (χ2v) is 4.54. The monoisotopic (exact) mass is 202 g/mol. The maximum atomic E-state index is 9.86. The van der Waals surface area contributed by atoms with Gasteiger partial charge in [-0.15, -0.1) is 0 Å². The first-order valence-corrected chi connectivity index (χ1v) is 5.41. The molecule has 0 saturated carbocycles. The van der Waals surface area contributed by atoms with Crippen LogP contribution < -0.4 is 0 Å². The molecule has 1 aliphatic rings. The van der Waals surface area contributed by atoms with Crippen LogP contribution in [-0.2, 0) is 9.47 Å². The summed E-state index contributed by atoms with van der Waals surface area (Å²) in [4.78, 5) is 0. The summed E-state index contributed by atoms with van der Waals surface area (Å²) in [5, 5.41) is 9.86. The third-order valence-electron chi connectivity index (χ3n) is 3.11. The summed E-state index contributed by atoms with van der Waals surface area (Å²) in [5.74, 6) is 0. The first-order valence-electron chi connectivity index (χ1n) is 5.41. The highest BCUT2D eigenvalue weighted by atomic mass is 16.5. The fraction of sp³-hybridized carbons (Fsp3) is 1.00. The molecule has 0 radical (unpaired) electrons. The first kappa shape index (κ1) is 12.0. The predicted molar refractivity (Wildman–Crippen MR) is 55.3 cm³/mol. The van der Waals surface area contributed by atoms with Crippen LogP contribution in [0.5, 0.6) is 0 Å². The van der Waals surface area contributed by atoms with Gasteiger partial charge in [0.2, 0.25) is 0 Å². The molecule has 1 saturated heterocycles. The van der Waals surface area contributed by atoms with Crippen LogP contribution in [0.25, 0.3) is 0 Å². The zero-order chi connectivity index (χ0) is 10.6. The summed E-state index contributed by atoms with van der Waals surface area (Å²) < 4.78 is 10.7. The smallest absolute Gasteiger partial charge is 0.0880 e. The highest BCUT2D eigenvalue weighted by molar-refractivity contribution is 4.79. The predicted octanol–water partition coefficient (Wildman–Crippen LogP) is 1.73. The zero-order valence-corrected chi connectivity index (χ0v) is 9.45. The van der Waals surface area contributed by atoms with E-state index in [1.165, 1.54) is 0 Å². The number of hydrogen-bond donors (Lipinski definition) is 1. The van der Waals surface area contributed by atoms with Crippen LogP contribution in [0.15, 0.2) is 0 Å². The fourth-order valence-corrected chi connectivity index (χ4v) is 1.70. The summed E-state index contributed by atoms with van der Waals surface area (Å²) in [6.07, 6.45) is 3.95. The van der Waals surface area contributed by atoms with Gasteiger partial charge in [0, 0.05) is 13.7 Å². The maximum absolute atomic E-state index is 9.86. The molecule has 0 aromatic rings. The van der Waals surface area contributed by atoms with E-state index in [1.54, 1.807) is 7.11 Å². The highest BCUT2D eigenvalue weighted by Crippen LogP contribution is 2.22. The average Bonchev–Trinajstić information content (AvgIpc) is 2.66. The van der Waals surface area contributed by atoms with E-state index in [4.69, 9.17) is 9.47 Å². The van der Waals surface area contributed by atoms with E-state index in [-0.39, 0.29) is 0 Å². The van der Waals surface area contributed by atoms with Crippen molar-refractivity contribution in [1.82, 2.24) is 0 Å². The highest BCUT2D eigenvalue weighted by Gasteiger charge is 2.28. The molecule has 3 heteroatoms. The van der Waals surface area contributed by atoms with Crippen LogP contribution in [0.1, 0.15) is 39.5 Å². The molecule has 1 fully saturated rings. The van der Waals surface area contributed by atoms with Gasteiger partial charge >= 0.3 is 0 Å². The normalized spacial score (nSPS) is 25.3. The van der Waals surface area contributed by atoms with Gasteiger partial charge in [-0.1, -0.05) is 0 Å². The Kier molecular flexibility index (Phi) is 4.35. The quantitative estimate of drug-likeness (QED) is 0.738. The number of rotatable bonds is 5. The topological polar surface area (TPSA) is 38.7 Å². The van der Waals surface area contributed by atoms with Crippen LogP contribution in [0.2, 0.25) is 0 Å². The zero-order valence-electron chi connectivity index (χ0n) is 9.45. The third-order valence-corrected chi connectivity index (χ3v) is 3.11. The SMILES string of the molecule is COC(C)(C)C(O)CCC1CCCO1. The Hall–Kier alpha value is -0.120. The summed E-state index contributed by atoms with van der Waals surface area (Å²) in [5.41, 5.74) is -0.446. The van der Waals surface area contributed by atoms with Gasteiger partial charge in [0.05, 0.1) is 17.8 Å². The molecule has 1 N–H and O–H groups in total. The van der Waals surface area contributed by atoms with Crippen molar-refractivity contribution in [2.45, 2.75) is 57.3 Å². The fourth-order valence-electron chi connectivity index (χ4n) is 1.70. The molecule has 0 aromatic heterocycles. The van der Waals surface area contributed by atoms with Crippen LogP contribution in [0.4, 0.5) is 0 Å². The standard InChI is InChI=1S/C11H22O3/c1-11(2,13-3)10(12)7-6-9-5-4-8-14-9/h9-10,12H,4-8H2,1-3H3. The number of methoxy groups -OCH3 is 1. The molecule has 0 aromatic carbocycles. The van der Waals surface area contributed by atoms with Gasteiger partial charge in [-0.3, -0.25) is 0 Å². The Labute approximate surface area is 86.4 Å². The molecule has 14 heavy (non-hydrogen) atoms. The Bertz CT molecular complexity index is 162. The molecule has 0 amide bonds. The van der Waals surface area contributed by atoms with E-state index in [9.17, 15) is 5.11 Å². The third kappa shape index (κ3) is 3.23.